The van der Waals surface area contributed by atoms with Crippen LogP contribution in [0.1, 0.15) is 55.5 Å². The molecule has 1 aliphatic rings. The smallest absolute Gasteiger partial charge is 0.254 e. The van der Waals surface area contributed by atoms with Crippen LogP contribution in [0.15, 0.2) is 18.2 Å². The van der Waals surface area contributed by atoms with Gasteiger partial charge >= 0.3 is 0 Å². The average Bonchev–Trinajstić information content (AvgIpc) is 2.55. The summed E-state index contributed by atoms with van der Waals surface area (Å²) in [5, 5.41) is 0. The molecule has 0 aliphatic carbocycles. The normalized spacial score (nSPS) is 19.3. The lowest BCUT2D eigenvalue weighted by molar-refractivity contribution is 0.0710. The van der Waals surface area contributed by atoms with Gasteiger partial charge in [0.05, 0.1) is 7.11 Å². The molecule has 0 spiro atoms. The van der Waals surface area contributed by atoms with E-state index in [1.807, 2.05) is 23.1 Å². The Morgan fingerprint density at radius 3 is 2.74 bits per heavy atom. The molecule has 1 heterocycles. The van der Waals surface area contributed by atoms with Gasteiger partial charge in [-0.2, -0.15) is 0 Å². The molecule has 19 heavy (non-hydrogen) atoms. The van der Waals surface area contributed by atoms with Crippen LogP contribution in [-0.4, -0.2) is 30.5 Å². The molecule has 0 radical (unpaired) electrons. The first-order valence-corrected chi connectivity index (χ1v) is 7.07. The van der Waals surface area contributed by atoms with E-state index in [0.717, 1.165) is 36.3 Å². The monoisotopic (exact) mass is 261 g/mol. The minimum absolute atomic E-state index is 0.156. The van der Waals surface area contributed by atoms with Crippen molar-refractivity contribution in [2.45, 2.75) is 45.6 Å². The van der Waals surface area contributed by atoms with Crippen molar-refractivity contribution in [3.8, 4) is 5.75 Å². The van der Waals surface area contributed by atoms with Crippen LogP contribution in [0, 0.1) is 0 Å². The fourth-order valence-electron chi connectivity index (χ4n) is 2.82. The first-order valence-electron chi connectivity index (χ1n) is 7.07. The first kappa shape index (κ1) is 13.9. The summed E-state index contributed by atoms with van der Waals surface area (Å²) in [5.41, 5.74) is 1.99. The summed E-state index contributed by atoms with van der Waals surface area (Å²) in [7, 11) is 1.67. The topological polar surface area (TPSA) is 29.5 Å². The number of hydrogen-bond donors (Lipinski definition) is 0. The Bertz CT molecular complexity index is 468. The van der Waals surface area contributed by atoms with Crippen LogP contribution in [0.2, 0.25) is 0 Å². The highest BCUT2D eigenvalue weighted by molar-refractivity contribution is 5.96. The summed E-state index contributed by atoms with van der Waals surface area (Å²) in [6.07, 6.45) is 2.08. The molecule has 3 nitrogen and oxygen atoms in total. The maximum atomic E-state index is 12.6. The Morgan fingerprint density at radius 1 is 1.42 bits per heavy atom. The lowest BCUT2D eigenvalue weighted by Crippen LogP contribution is -2.36. The number of amides is 1. The van der Waals surface area contributed by atoms with E-state index in [1.165, 1.54) is 0 Å². The van der Waals surface area contributed by atoms with Crippen molar-refractivity contribution in [2.24, 2.45) is 0 Å². The second-order valence-electron chi connectivity index (χ2n) is 5.44. The zero-order chi connectivity index (χ0) is 14.0. The van der Waals surface area contributed by atoms with Crippen LogP contribution in [-0.2, 0) is 0 Å². The third-order valence-corrected chi connectivity index (χ3v) is 4.02. The van der Waals surface area contributed by atoms with Gasteiger partial charge in [-0.1, -0.05) is 6.92 Å². The first-order chi connectivity index (χ1) is 9.08. The minimum atomic E-state index is 0.156. The second kappa shape index (κ2) is 5.64. The number of fused-ring (bicyclic) bond motifs is 1. The molecule has 3 heteroatoms. The third kappa shape index (κ3) is 2.60. The standard InChI is InChI=1S/C16H23NO2/c1-5-12-8-9-17(11(2)3)16(18)14-7-6-13(19-4)10-15(12)14/h6-7,10-12H,5,8-9H2,1-4H3. The molecule has 2 rings (SSSR count). The Balaban J connectivity index is 2.49. The summed E-state index contributed by atoms with van der Waals surface area (Å²) < 4.78 is 5.30. The molecule has 0 fully saturated rings. The molecule has 0 saturated carbocycles. The molecule has 1 aliphatic heterocycles. The van der Waals surface area contributed by atoms with Crippen molar-refractivity contribution in [3.05, 3.63) is 29.3 Å². The van der Waals surface area contributed by atoms with Crippen molar-refractivity contribution >= 4 is 5.91 Å². The van der Waals surface area contributed by atoms with Gasteiger partial charge in [-0.3, -0.25) is 4.79 Å². The predicted molar refractivity (Wildman–Crippen MR) is 76.8 cm³/mol. The lowest BCUT2D eigenvalue weighted by atomic mass is 9.90. The third-order valence-electron chi connectivity index (χ3n) is 4.02. The van der Waals surface area contributed by atoms with Gasteiger partial charge in [-0.15, -0.1) is 0 Å². The van der Waals surface area contributed by atoms with Crippen LogP contribution in [0.5, 0.6) is 5.75 Å². The van der Waals surface area contributed by atoms with E-state index >= 15 is 0 Å². The van der Waals surface area contributed by atoms with Crippen LogP contribution < -0.4 is 4.74 Å². The number of benzene rings is 1. The summed E-state index contributed by atoms with van der Waals surface area (Å²) >= 11 is 0. The van der Waals surface area contributed by atoms with E-state index in [0.29, 0.717) is 5.92 Å². The molecule has 1 aromatic carbocycles. The van der Waals surface area contributed by atoms with Gasteiger partial charge in [0.1, 0.15) is 5.75 Å². The van der Waals surface area contributed by atoms with E-state index in [4.69, 9.17) is 4.74 Å². The second-order valence-corrected chi connectivity index (χ2v) is 5.44. The Hall–Kier alpha value is -1.51. The van der Waals surface area contributed by atoms with Crippen molar-refractivity contribution in [1.82, 2.24) is 4.90 Å². The summed E-state index contributed by atoms with van der Waals surface area (Å²) in [5.74, 6) is 1.43. The zero-order valence-corrected chi connectivity index (χ0v) is 12.3. The van der Waals surface area contributed by atoms with Crippen molar-refractivity contribution in [1.29, 1.82) is 0 Å². The average molecular weight is 261 g/mol. The molecular weight excluding hydrogens is 238 g/mol. The van der Waals surface area contributed by atoms with E-state index in [2.05, 4.69) is 20.8 Å². The van der Waals surface area contributed by atoms with Crippen LogP contribution in [0.25, 0.3) is 0 Å². The molecule has 0 bridgehead atoms. The molecule has 0 aromatic heterocycles. The lowest BCUT2D eigenvalue weighted by Gasteiger charge is -2.25. The molecule has 1 aromatic rings. The highest BCUT2D eigenvalue weighted by Gasteiger charge is 2.28. The Morgan fingerprint density at radius 2 is 2.16 bits per heavy atom. The maximum Gasteiger partial charge on any atom is 0.254 e. The number of carbonyl (C=O) groups is 1. The van der Waals surface area contributed by atoms with Crippen LogP contribution in [0.3, 0.4) is 0 Å². The number of methoxy groups -OCH3 is 1. The Labute approximate surface area is 115 Å². The molecule has 0 N–H and O–H groups in total. The SMILES string of the molecule is CCC1CCN(C(C)C)C(=O)c2ccc(OC)cc21. The number of carbonyl (C=O) groups excluding carboxylic acids is 1. The van der Waals surface area contributed by atoms with Gasteiger partial charge in [0, 0.05) is 18.2 Å². The highest BCUT2D eigenvalue weighted by Crippen LogP contribution is 2.33. The number of nitrogens with zero attached hydrogens (tertiary/aromatic N) is 1. The number of hydrogen-bond acceptors (Lipinski definition) is 2. The van der Waals surface area contributed by atoms with Gasteiger partial charge < -0.3 is 9.64 Å². The molecule has 1 atom stereocenters. The van der Waals surface area contributed by atoms with Gasteiger partial charge in [0.15, 0.2) is 0 Å². The van der Waals surface area contributed by atoms with E-state index in [9.17, 15) is 4.79 Å². The predicted octanol–water partition coefficient (Wildman–Crippen LogP) is 3.44. The maximum absolute atomic E-state index is 12.6. The minimum Gasteiger partial charge on any atom is -0.497 e. The summed E-state index contributed by atoms with van der Waals surface area (Å²) in [4.78, 5) is 14.6. The molecular formula is C16H23NO2. The Kier molecular flexibility index (Phi) is 4.13. The fraction of sp³-hybridized carbons (Fsp3) is 0.562. The molecule has 0 saturated heterocycles. The number of ether oxygens (including phenoxy) is 1. The zero-order valence-electron chi connectivity index (χ0n) is 12.3. The molecule has 1 amide bonds. The van der Waals surface area contributed by atoms with Crippen molar-refractivity contribution in [3.63, 3.8) is 0 Å². The van der Waals surface area contributed by atoms with Gasteiger partial charge in [0.2, 0.25) is 0 Å². The van der Waals surface area contributed by atoms with E-state index < -0.39 is 0 Å². The van der Waals surface area contributed by atoms with Crippen molar-refractivity contribution in [2.75, 3.05) is 13.7 Å². The molecule has 1 unspecified atom stereocenters. The van der Waals surface area contributed by atoms with Gasteiger partial charge in [-0.05, 0) is 56.4 Å². The fourth-order valence-corrected chi connectivity index (χ4v) is 2.82. The van der Waals surface area contributed by atoms with E-state index in [1.54, 1.807) is 7.11 Å². The van der Waals surface area contributed by atoms with Crippen LogP contribution in [0.4, 0.5) is 0 Å². The summed E-state index contributed by atoms with van der Waals surface area (Å²) in [6.45, 7) is 7.18. The van der Waals surface area contributed by atoms with Gasteiger partial charge in [-0.25, -0.2) is 0 Å². The van der Waals surface area contributed by atoms with E-state index in [-0.39, 0.29) is 11.9 Å². The molecule has 104 valence electrons. The van der Waals surface area contributed by atoms with Crippen molar-refractivity contribution < 1.29 is 9.53 Å². The summed E-state index contributed by atoms with van der Waals surface area (Å²) in [6, 6.07) is 6.08. The quantitative estimate of drug-likeness (QED) is 0.834. The van der Waals surface area contributed by atoms with Gasteiger partial charge in [0.25, 0.3) is 5.91 Å². The largest absolute Gasteiger partial charge is 0.497 e. The van der Waals surface area contributed by atoms with Crippen LogP contribution >= 0.6 is 0 Å². The number of rotatable bonds is 3. The highest BCUT2D eigenvalue weighted by atomic mass is 16.5.